The summed E-state index contributed by atoms with van der Waals surface area (Å²) < 4.78 is 1.52. The molecule has 0 aliphatic carbocycles. The standard InChI is InChI=1S/C15H21N5O2/c1-4-10(2)13(9-21)16-15(22)12-7-5-6-8-14(12)20-11(3)17-18-19-20/h5-8,10,13,21H,4,9H2,1-3H3,(H,16,22)/t10-,13+/m1/s1. The Hall–Kier alpha value is -2.28. The number of carbonyl (C=O) groups excluding carboxylic acids is 1. The van der Waals surface area contributed by atoms with Crippen molar-refractivity contribution in [1.82, 2.24) is 25.5 Å². The number of para-hydroxylation sites is 1. The summed E-state index contributed by atoms with van der Waals surface area (Å²) in [6, 6.07) is 6.84. The molecule has 0 saturated carbocycles. The zero-order valence-electron chi connectivity index (χ0n) is 13.0. The van der Waals surface area contributed by atoms with Gasteiger partial charge in [-0.15, -0.1) is 5.10 Å². The molecule has 0 unspecified atom stereocenters. The molecule has 2 N–H and O–H groups in total. The van der Waals surface area contributed by atoms with E-state index in [1.165, 1.54) is 4.68 Å². The second-order valence-corrected chi connectivity index (χ2v) is 5.30. The smallest absolute Gasteiger partial charge is 0.253 e. The molecule has 1 aromatic heterocycles. The van der Waals surface area contributed by atoms with Crippen LogP contribution in [0.2, 0.25) is 0 Å². The van der Waals surface area contributed by atoms with Crippen molar-refractivity contribution in [2.75, 3.05) is 6.61 Å². The molecule has 2 atom stereocenters. The lowest BCUT2D eigenvalue weighted by atomic mass is 9.99. The highest BCUT2D eigenvalue weighted by atomic mass is 16.3. The highest BCUT2D eigenvalue weighted by Gasteiger charge is 2.21. The van der Waals surface area contributed by atoms with Crippen LogP contribution in [0.4, 0.5) is 0 Å². The molecular weight excluding hydrogens is 282 g/mol. The van der Waals surface area contributed by atoms with Crippen LogP contribution in [0.25, 0.3) is 5.69 Å². The van der Waals surface area contributed by atoms with Gasteiger partial charge in [-0.2, -0.15) is 4.68 Å². The summed E-state index contributed by atoms with van der Waals surface area (Å²) in [6.07, 6.45) is 0.874. The van der Waals surface area contributed by atoms with E-state index in [4.69, 9.17) is 0 Å². The number of benzene rings is 1. The number of amides is 1. The van der Waals surface area contributed by atoms with Gasteiger partial charge in [-0.25, -0.2) is 0 Å². The Kier molecular flexibility index (Phi) is 5.21. The Balaban J connectivity index is 2.29. The third kappa shape index (κ3) is 3.30. The molecule has 0 radical (unpaired) electrons. The second kappa shape index (κ2) is 7.13. The molecule has 0 fully saturated rings. The Bertz CT molecular complexity index is 640. The molecule has 7 nitrogen and oxygen atoms in total. The van der Waals surface area contributed by atoms with Gasteiger partial charge in [-0.1, -0.05) is 32.4 Å². The van der Waals surface area contributed by atoms with Crippen molar-refractivity contribution in [1.29, 1.82) is 0 Å². The minimum Gasteiger partial charge on any atom is -0.394 e. The molecule has 2 aromatic rings. The van der Waals surface area contributed by atoms with Gasteiger partial charge >= 0.3 is 0 Å². The normalized spacial score (nSPS) is 13.6. The Labute approximate surface area is 129 Å². The van der Waals surface area contributed by atoms with Gasteiger partial charge in [0.25, 0.3) is 5.91 Å². The van der Waals surface area contributed by atoms with E-state index in [9.17, 15) is 9.90 Å². The van der Waals surface area contributed by atoms with E-state index < -0.39 is 0 Å². The Morgan fingerprint density at radius 2 is 2.14 bits per heavy atom. The van der Waals surface area contributed by atoms with Crippen LogP contribution in [-0.4, -0.2) is 43.9 Å². The van der Waals surface area contributed by atoms with E-state index in [0.717, 1.165) is 6.42 Å². The lowest BCUT2D eigenvalue weighted by Gasteiger charge is -2.22. The molecule has 118 valence electrons. The highest BCUT2D eigenvalue weighted by molar-refractivity contribution is 5.97. The summed E-state index contributed by atoms with van der Waals surface area (Å²) in [7, 11) is 0. The Morgan fingerprint density at radius 3 is 2.73 bits per heavy atom. The lowest BCUT2D eigenvalue weighted by Crippen LogP contribution is -2.42. The van der Waals surface area contributed by atoms with Crippen LogP contribution in [0.1, 0.15) is 36.5 Å². The van der Waals surface area contributed by atoms with E-state index in [1.807, 2.05) is 19.9 Å². The molecular formula is C15H21N5O2. The van der Waals surface area contributed by atoms with E-state index in [1.54, 1.807) is 25.1 Å². The maximum Gasteiger partial charge on any atom is 0.253 e. The second-order valence-electron chi connectivity index (χ2n) is 5.30. The number of hydrogen-bond donors (Lipinski definition) is 2. The first-order valence-corrected chi connectivity index (χ1v) is 7.34. The van der Waals surface area contributed by atoms with Crippen molar-refractivity contribution >= 4 is 5.91 Å². The van der Waals surface area contributed by atoms with Gasteiger partial charge < -0.3 is 10.4 Å². The molecule has 0 aliphatic rings. The van der Waals surface area contributed by atoms with Crippen LogP contribution in [0.5, 0.6) is 0 Å². The molecule has 0 aliphatic heterocycles. The van der Waals surface area contributed by atoms with Crippen LogP contribution in [0.3, 0.4) is 0 Å². The quantitative estimate of drug-likeness (QED) is 0.834. The topological polar surface area (TPSA) is 92.9 Å². The van der Waals surface area contributed by atoms with Gasteiger partial charge in [-0.05, 0) is 35.4 Å². The summed E-state index contributed by atoms with van der Waals surface area (Å²) in [6.45, 7) is 5.70. The highest BCUT2D eigenvalue weighted by Crippen LogP contribution is 2.15. The summed E-state index contributed by atoms with van der Waals surface area (Å²) in [5.41, 5.74) is 1.09. The van der Waals surface area contributed by atoms with Crippen molar-refractivity contribution in [2.24, 2.45) is 5.92 Å². The summed E-state index contributed by atoms with van der Waals surface area (Å²) in [4.78, 5) is 12.6. The number of nitrogens with one attached hydrogen (secondary N) is 1. The number of aliphatic hydroxyl groups excluding tert-OH is 1. The summed E-state index contributed by atoms with van der Waals surface area (Å²) in [5, 5.41) is 23.7. The monoisotopic (exact) mass is 303 g/mol. The fourth-order valence-electron chi connectivity index (χ4n) is 2.20. The van der Waals surface area contributed by atoms with Crippen LogP contribution >= 0.6 is 0 Å². The molecule has 2 rings (SSSR count). The fourth-order valence-corrected chi connectivity index (χ4v) is 2.20. The van der Waals surface area contributed by atoms with Gasteiger partial charge in [0.15, 0.2) is 5.82 Å². The molecule has 1 aromatic carbocycles. The average molecular weight is 303 g/mol. The predicted molar refractivity (Wildman–Crippen MR) is 81.7 cm³/mol. The molecule has 0 bridgehead atoms. The number of rotatable bonds is 6. The van der Waals surface area contributed by atoms with Crippen molar-refractivity contribution in [3.8, 4) is 5.69 Å². The van der Waals surface area contributed by atoms with E-state index in [2.05, 4.69) is 20.8 Å². The van der Waals surface area contributed by atoms with Gasteiger partial charge in [0.1, 0.15) is 0 Å². The number of nitrogens with zero attached hydrogens (tertiary/aromatic N) is 4. The number of aryl methyl sites for hydroxylation is 1. The zero-order valence-corrected chi connectivity index (χ0v) is 13.0. The summed E-state index contributed by atoms with van der Waals surface area (Å²) in [5.74, 6) is 0.543. The van der Waals surface area contributed by atoms with Crippen molar-refractivity contribution in [2.45, 2.75) is 33.2 Å². The van der Waals surface area contributed by atoms with Crippen LogP contribution in [0, 0.1) is 12.8 Å². The average Bonchev–Trinajstić information content (AvgIpc) is 2.97. The lowest BCUT2D eigenvalue weighted by molar-refractivity contribution is 0.0891. The van der Waals surface area contributed by atoms with Crippen molar-refractivity contribution < 1.29 is 9.90 Å². The Morgan fingerprint density at radius 1 is 1.41 bits per heavy atom. The van der Waals surface area contributed by atoms with Crippen LogP contribution in [-0.2, 0) is 0 Å². The molecule has 22 heavy (non-hydrogen) atoms. The zero-order chi connectivity index (χ0) is 16.1. The molecule has 1 heterocycles. The number of carbonyl (C=O) groups is 1. The fraction of sp³-hybridized carbons (Fsp3) is 0.467. The third-order valence-corrected chi connectivity index (χ3v) is 3.85. The van der Waals surface area contributed by atoms with Crippen molar-refractivity contribution in [3.05, 3.63) is 35.7 Å². The third-order valence-electron chi connectivity index (χ3n) is 3.85. The first-order chi connectivity index (χ1) is 10.6. The van der Waals surface area contributed by atoms with E-state index in [0.29, 0.717) is 17.1 Å². The van der Waals surface area contributed by atoms with Crippen molar-refractivity contribution in [3.63, 3.8) is 0 Å². The SMILES string of the molecule is CC[C@@H](C)[C@H](CO)NC(=O)c1ccccc1-n1nnnc1C. The number of aliphatic hydroxyl groups is 1. The van der Waals surface area contributed by atoms with Gasteiger partial charge in [0.05, 0.1) is 23.9 Å². The number of hydrogen-bond acceptors (Lipinski definition) is 5. The summed E-state index contributed by atoms with van der Waals surface area (Å²) >= 11 is 0. The first-order valence-electron chi connectivity index (χ1n) is 7.34. The van der Waals surface area contributed by atoms with Gasteiger partial charge in [-0.3, -0.25) is 4.79 Å². The molecule has 7 heteroatoms. The maximum absolute atomic E-state index is 12.6. The van der Waals surface area contributed by atoms with Crippen LogP contribution < -0.4 is 5.32 Å². The number of tetrazole rings is 1. The van der Waals surface area contributed by atoms with Gasteiger partial charge in [0, 0.05) is 0 Å². The minimum atomic E-state index is -0.277. The van der Waals surface area contributed by atoms with E-state index >= 15 is 0 Å². The largest absolute Gasteiger partial charge is 0.394 e. The maximum atomic E-state index is 12.6. The molecule has 1 amide bonds. The van der Waals surface area contributed by atoms with Gasteiger partial charge in [0.2, 0.25) is 0 Å². The molecule has 0 saturated heterocycles. The number of aromatic nitrogens is 4. The minimum absolute atomic E-state index is 0.0905. The predicted octanol–water partition coefficient (Wildman–Crippen LogP) is 1.11. The van der Waals surface area contributed by atoms with E-state index in [-0.39, 0.29) is 24.5 Å². The molecule has 0 spiro atoms. The first kappa shape index (κ1) is 16.1. The van der Waals surface area contributed by atoms with Crippen LogP contribution in [0.15, 0.2) is 24.3 Å².